The highest BCUT2D eigenvalue weighted by atomic mass is 35.5. The lowest BCUT2D eigenvalue weighted by Crippen LogP contribution is -2.29. The summed E-state index contributed by atoms with van der Waals surface area (Å²) in [6.45, 7) is 0. The number of rotatable bonds is 1. The monoisotopic (exact) mass is 284 g/mol. The van der Waals surface area contributed by atoms with Crippen LogP contribution in [0.5, 0.6) is 0 Å². The maximum Gasteiger partial charge on any atom is 0.452 e. The second-order valence-electron chi connectivity index (χ2n) is 3.09. The summed E-state index contributed by atoms with van der Waals surface area (Å²) in [5, 5.41) is 0.518. The van der Waals surface area contributed by atoms with Gasteiger partial charge in [-0.15, -0.1) is 0 Å². The molecule has 0 bridgehead atoms. The summed E-state index contributed by atoms with van der Waals surface area (Å²) in [7, 11) is 1.60. The molecule has 1 heterocycles. The van der Waals surface area contributed by atoms with E-state index < -0.39 is 5.51 Å². The minimum Gasteiger partial charge on any atom is -0.179 e. The molecule has 1 aromatic heterocycles. The summed E-state index contributed by atoms with van der Waals surface area (Å²) < 4.78 is 39.3. The Bertz CT molecular complexity index is 535. The topological polar surface area (TPSA) is 3.88 Å². The molecule has 0 aliphatic rings. The van der Waals surface area contributed by atoms with Gasteiger partial charge in [0, 0.05) is 11.1 Å². The maximum atomic E-state index is 12.3. The molecule has 7 heteroatoms. The smallest absolute Gasteiger partial charge is 0.179 e. The van der Waals surface area contributed by atoms with Crippen molar-refractivity contribution in [1.82, 2.24) is 0 Å². The molecule has 0 saturated carbocycles. The Morgan fingerprint density at radius 2 is 2.06 bits per heavy atom. The van der Waals surface area contributed by atoms with E-state index in [1.54, 1.807) is 25.2 Å². The average molecular weight is 285 g/mol. The van der Waals surface area contributed by atoms with E-state index in [2.05, 4.69) is 0 Å². The molecule has 2 aromatic rings. The van der Waals surface area contributed by atoms with E-state index >= 15 is 0 Å². The number of alkyl halides is 3. The van der Waals surface area contributed by atoms with E-state index in [1.165, 1.54) is 4.57 Å². The SMILES string of the molecule is C[n+]1c(SC(F)(F)F)sc2ccc(Cl)cc21. The third kappa shape index (κ3) is 2.44. The van der Waals surface area contributed by atoms with Crippen molar-refractivity contribution >= 4 is 44.9 Å². The number of aromatic nitrogens is 1. The summed E-state index contributed by atoms with van der Waals surface area (Å²) in [5.74, 6) is 0. The predicted octanol–water partition coefficient (Wildman–Crippen LogP) is 3.99. The zero-order valence-corrected chi connectivity index (χ0v) is 10.4. The van der Waals surface area contributed by atoms with Gasteiger partial charge < -0.3 is 0 Å². The van der Waals surface area contributed by atoms with Crippen LogP contribution in [0.15, 0.2) is 22.5 Å². The van der Waals surface area contributed by atoms with E-state index in [0.29, 0.717) is 10.5 Å². The van der Waals surface area contributed by atoms with Crippen molar-refractivity contribution in [3.63, 3.8) is 0 Å². The highest BCUT2D eigenvalue weighted by Gasteiger charge is 2.35. The lowest BCUT2D eigenvalue weighted by Gasteiger charge is -1.99. The Balaban J connectivity index is 2.52. The van der Waals surface area contributed by atoms with Crippen molar-refractivity contribution in [2.45, 2.75) is 9.85 Å². The van der Waals surface area contributed by atoms with Crippen LogP contribution in [-0.4, -0.2) is 5.51 Å². The third-order valence-corrected chi connectivity index (χ3v) is 4.39. The van der Waals surface area contributed by atoms with E-state index in [-0.39, 0.29) is 16.1 Å². The zero-order valence-electron chi connectivity index (χ0n) is 8.01. The number of halogens is 4. The largest absolute Gasteiger partial charge is 0.452 e. The third-order valence-electron chi connectivity index (χ3n) is 1.96. The molecule has 0 atom stereocenters. The first-order valence-corrected chi connectivity index (χ1v) is 6.22. The van der Waals surface area contributed by atoms with Crippen molar-refractivity contribution in [2.24, 2.45) is 7.05 Å². The molecule has 0 fully saturated rings. The van der Waals surface area contributed by atoms with Crippen molar-refractivity contribution < 1.29 is 17.7 Å². The molecule has 0 spiro atoms. The number of thiazole rings is 1. The van der Waals surface area contributed by atoms with Gasteiger partial charge >= 0.3 is 9.85 Å². The number of hydrogen-bond acceptors (Lipinski definition) is 2. The Kier molecular flexibility index (Phi) is 3.07. The van der Waals surface area contributed by atoms with Crippen LogP contribution < -0.4 is 4.57 Å². The van der Waals surface area contributed by atoms with Gasteiger partial charge in [0.25, 0.3) is 0 Å². The second kappa shape index (κ2) is 4.09. The van der Waals surface area contributed by atoms with Gasteiger partial charge in [-0.1, -0.05) is 22.9 Å². The highest BCUT2D eigenvalue weighted by molar-refractivity contribution is 8.01. The van der Waals surface area contributed by atoms with Crippen molar-refractivity contribution in [3.8, 4) is 0 Å². The van der Waals surface area contributed by atoms with Crippen LogP contribution in [0.4, 0.5) is 13.2 Å². The van der Waals surface area contributed by atoms with Crippen LogP contribution in [-0.2, 0) is 7.05 Å². The van der Waals surface area contributed by atoms with Crippen LogP contribution in [0.3, 0.4) is 0 Å². The zero-order chi connectivity index (χ0) is 11.9. The van der Waals surface area contributed by atoms with Crippen molar-refractivity contribution in [3.05, 3.63) is 23.2 Å². The summed E-state index contributed by atoms with van der Waals surface area (Å²) in [6.07, 6.45) is 0. The molecule has 1 nitrogen and oxygen atoms in total. The van der Waals surface area contributed by atoms with E-state index in [1.807, 2.05) is 0 Å². The van der Waals surface area contributed by atoms with Gasteiger partial charge in [0.1, 0.15) is 11.7 Å². The number of thioether (sulfide) groups is 1. The minimum atomic E-state index is -4.26. The molecule has 0 amide bonds. The first kappa shape index (κ1) is 12.0. The van der Waals surface area contributed by atoms with Gasteiger partial charge in [0.2, 0.25) is 5.52 Å². The summed E-state index contributed by atoms with van der Waals surface area (Å²) >= 11 is 6.80. The molecular weight excluding hydrogens is 279 g/mol. The van der Waals surface area contributed by atoms with Crippen LogP contribution in [0.1, 0.15) is 0 Å². The highest BCUT2D eigenvalue weighted by Crippen LogP contribution is 2.39. The van der Waals surface area contributed by atoms with Gasteiger partial charge in [0.15, 0.2) is 0 Å². The Morgan fingerprint density at radius 1 is 1.38 bits per heavy atom. The molecular formula is C9H6ClF3NS2+. The molecule has 0 unspecified atom stereocenters. The van der Waals surface area contributed by atoms with E-state index in [0.717, 1.165) is 16.0 Å². The molecule has 0 aliphatic heterocycles. The Labute approximate surface area is 103 Å². The van der Waals surface area contributed by atoms with Gasteiger partial charge in [-0.05, 0) is 12.1 Å². The van der Waals surface area contributed by atoms with Crippen molar-refractivity contribution in [2.75, 3.05) is 0 Å². The van der Waals surface area contributed by atoms with E-state index in [9.17, 15) is 13.2 Å². The summed E-state index contributed by atoms with van der Waals surface area (Å²) in [4.78, 5) is 0. The molecule has 0 aliphatic carbocycles. The normalized spacial score (nSPS) is 12.3. The van der Waals surface area contributed by atoms with Crippen LogP contribution in [0, 0.1) is 0 Å². The minimum absolute atomic E-state index is 0.103. The van der Waals surface area contributed by atoms with Crippen molar-refractivity contribution in [1.29, 1.82) is 0 Å². The number of benzene rings is 1. The molecule has 0 radical (unpaired) electrons. The standard InChI is InChI=1S/C9H6ClF3NS2/c1-14-6-4-5(10)2-3-7(6)15-8(14)16-9(11,12)13/h2-4H,1H3/q+1. The van der Waals surface area contributed by atoms with Gasteiger partial charge in [-0.2, -0.15) is 17.7 Å². The first-order valence-electron chi connectivity index (χ1n) is 4.20. The van der Waals surface area contributed by atoms with Crippen LogP contribution >= 0.6 is 34.7 Å². The Morgan fingerprint density at radius 3 is 2.69 bits per heavy atom. The fourth-order valence-corrected chi connectivity index (χ4v) is 3.47. The number of fused-ring (bicyclic) bond motifs is 1. The summed E-state index contributed by atoms with van der Waals surface area (Å²) in [6, 6.07) is 5.05. The lowest BCUT2D eigenvalue weighted by molar-refractivity contribution is -0.677. The molecule has 16 heavy (non-hydrogen) atoms. The van der Waals surface area contributed by atoms with E-state index in [4.69, 9.17) is 11.6 Å². The lowest BCUT2D eigenvalue weighted by atomic mass is 10.3. The number of nitrogens with zero attached hydrogens (tertiary/aromatic N) is 1. The van der Waals surface area contributed by atoms with Gasteiger partial charge in [0.05, 0.1) is 11.8 Å². The number of hydrogen-bond donors (Lipinski definition) is 0. The fraction of sp³-hybridized carbons (Fsp3) is 0.222. The van der Waals surface area contributed by atoms with Crippen LogP contribution in [0.25, 0.3) is 10.2 Å². The van der Waals surface area contributed by atoms with Gasteiger partial charge in [-0.25, -0.2) is 0 Å². The fourth-order valence-electron chi connectivity index (χ4n) is 1.29. The molecule has 0 saturated heterocycles. The maximum absolute atomic E-state index is 12.3. The summed E-state index contributed by atoms with van der Waals surface area (Å²) in [5.41, 5.74) is -3.55. The molecule has 1 aromatic carbocycles. The second-order valence-corrected chi connectivity index (χ2v) is 5.87. The molecule has 0 N–H and O–H groups in total. The quantitative estimate of drug-likeness (QED) is 0.566. The Hall–Kier alpha value is -0.460. The number of aryl methyl sites for hydroxylation is 1. The predicted molar refractivity (Wildman–Crippen MR) is 59.9 cm³/mol. The van der Waals surface area contributed by atoms with Crippen LogP contribution in [0.2, 0.25) is 5.02 Å². The average Bonchev–Trinajstić information content (AvgIpc) is 2.42. The molecule has 2 rings (SSSR count). The molecule has 86 valence electrons. The van der Waals surface area contributed by atoms with Gasteiger partial charge in [-0.3, -0.25) is 0 Å². The first-order chi connectivity index (χ1) is 7.37.